The van der Waals surface area contributed by atoms with Crippen molar-refractivity contribution in [2.75, 3.05) is 26.2 Å². The molecule has 3 rings (SSSR count). The van der Waals surface area contributed by atoms with Gasteiger partial charge in [0, 0.05) is 37.6 Å². The molecule has 2 aromatic rings. The van der Waals surface area contributed by atoms with Gasteiger partial charge in [-0.05, 0) is 25.1 Å². The second-order valence-electron chi connectivity index (χ2n) is 5.68. The number of aromatic nitrogens is 2. The Morgan fingerprint density at radius 1 is 1.36 bits per heavy atom. The van der Waals surface area contributed by atoms with Crippen LogP contribution in [-0.2, 0) is 0 Å². The van der Waals surface area contributed by atoms with Crippen LogP contribution in [0, 0.1) is 6.92 Å². The van der Waals surface area contributed by atoms with Crippen molar-refractivity contribution < 1.29 is 4.79 Å². The van der Waals surface area contributed by atoms with E-state index in [1.165, 1.54) is 0 Å². The number of aryl methyl sites for hydroxylation is 1. The van der Waals surface area contributed by atoms with E-state index in [1.807, 2.05) is 42.3 Å². The molecule has 0 spiro atoms. The van der Waals surface area contributed by atoms with Crippen LogP contribution in [0.15, 0.2) is 36.7 Å². The van der Waals surface area contributed by atoms with E-state index in [0.717, 1.165) is 36.6 Å². The second kappa shape index (κ2) is 6.32. The van der Waals surface area contributed by atoms with Gasteiger partial charge in [0.25, 0.3) is 5.91 Å². The lowest BCUT2D eigenvalue weighted by molar-refractivity contribution is 0.0479. The Hall–Kier alpha value is -2.14. The zero-order chi connectivity index (χ0) is 15.5. The molecular formula is C17H22N4O. The van der Waals surface area contributed by atoms with Gasteiger partial charge in [0.05, 0.1) is 6.04 Å². The van der Waals surface area contributed by atoms with E-state index in [1.54, 1.807) is 6.20 Å². The lowest BCUT2D eigenvalue weighted by atomic mass is 10.1. The first-order valence-corrected chi connectivity index (χ1v) is 7.79. The van der Waals surface area contributed by atoms with Crippen molar-refractivity contribution in [2.24, 2.45) is 0 Å². The maximum atomic E-state index is 12.8. The molecule has 0 bridgehead atoms. The van der Waals surface area contributed by atoms with Gasteiger partial charge in [-0.3, -0.25) is 9.69 Å². The molecule has 1 saturated heterocycles. The first-order valence-electron chi connectivity index (χ1n) is 7.79. The van der Waals surface area contributed by atoms with Gasteiger partial charge < -0.3 is 9.88 Å². The standard InChI is InChI=1S/C17H22N4O/c1-3-20-10-11-21(12-15(20)16-18-8-9-19-16)17(22)14-7-5-4-6-13(14)2/h4-9,15H,3,10-12H2,1-2H3,(H,18,19)/t15-/m1/s1. The first-order chi connectivity index (χ1) is 10.7. The Labute approximate surface area is 131 Å². The number of nitrogens with zero attached hydrogens (tertiary/aromatic N) is 3. The summed E-state index contributed by atoms with van der Waals surface area (Å²) in [6.07, 6.45) is 3.61. The van der Waals surface area contributed by atoms with Crippen LogP contribution in [-0.4, -0.2) is 51.9 Å². The Balaban J connectivity index is 1.81. The van der Waals surface area contributed by atoms with Gasteiger partial charge in [-0.1, -0.05) is 25.1 Å². The molecule has 0 radical (unpaired) electrons. The van der Waals surface area contributed by atoms with Crippen molar-refractivity contribution >= 4 is 5.91 Å². The quantitative estimate of drug-likeness (QED) is 0.945. The van der Waals surface area contributed by atoms with Crippen molar-refractivity contribution in [3.05, 3.63) is 53.6 Å². The van der Waals surface area contributed by atoms with E-state index < -0.39 is 0 Å². The largest absolute Gasteiger partial charge is 0.347 e. The lowest BCUT2D eigenvalue weighted by Gasteiger charge is -2.40. The molecule has 1 aliphatic heterocycles. The van der Waals surface area contributed by atoms with Crippen LogP contribution in [0.25, 0.3) is 0 Å². The number of carbonyl (C=O) groups is 1. The van der Waals surface area contributed by atoms with Crippen LogP contribution in [0.5, 0.6) is 0 Å². The number of carbonyl (C=O) groups excluding carboxylic acids is 1. The minimum Gasteiger partial charge on any atom is -0.347 e. The molecule has 1 atom stereocenters. The van der Waals surface area contributed by atoms with Gasteiger partial charge in [-0.25, -0.2) is 4.98 Å². The number of nitrogens with one attached hydrogen (secondary N) is 1. The highest BCUT2D eigenvalue weighted by molar-refractivity contribution is 5.95. The summed E-state index contributed by atoms with van der Waals surface area (Å²) in [5.41, 5.74) is 1.82. The number of piperazine rings is 1. The van der Waals surface area contributed by atoms with Crippen LogP contribution in [0.1, 0.15) is 34.7 Å². The zero-order valence-electron chi connectivity index (χ0n) is 13.1. The average molecular weight is 298 g/mol. The third-order valence-corrected chi connectivity index (χ3v) is 4.40. The predicted octanol–water partition coefficient (Wildman–Crippen LogP) is 2.24. The number of aromatic amines is 1. The van der Waals surface area contributed by atoms with Gasteiger partial charge >= 0.3 is 0 Å². The monoisotopic (exact) mass is 298 g/mol. The van der Waals surface area contributed by atoms with Crippen LogP contribution in [0.2, 0.25) is 0 Å². The highest BCUT2D eigenvalue weighted by Gasteiger charge is 2.31. The summed E-state index contributed by atoms with van der Waals surface area (Å²) in [6, 6.07) is 7.92. The van der Waals surface area contributed by atoms with Crippen molar-refractivity contribution in [1.82, 2.24) is 19.8 Å². The molecule has 2 heterocycles. The fourth-order valence-electron chi connectivity index (χ4n) is 3.09. The Morgan fingerprint density at radius 2 is 2.18 bits per heavy atom. The van der Waals surface area contributed by atoms with Gasteiger partial charge in [-0.15, -0.1) is 0 Å². The summed E-state index contributed by atoms with van der Waals surface area (Å²) in [4.78, 5) is 24.7. The molecule has 0 aliphatic carbocycles. The lowest BCUT2D eigenvalue weighted by Crippen LogP contribution is -2.50. The highest BCUT2D eigenvalue weighted by Crippen LogP contribution is 2.24. The SMILES string of the molecule is CCN1CCN(C(=O)c2ccccc2C)C[C@@H]1c1ncc[nH]1. The number of amides is 1. The summed E-state index contributed by atoms with van der Waals surface area (Å²) >= 11 is 0. The Kier molecular flexibility index (Phi) is 4.24. The van der Waals surface area contributed by atoms with Crippen LogP contribution >= 0.6 is 0 Å². The van der Waals surface area contributed by atoms with Crippen molar-refractivity contribution in [3.63, 3.8) is 0 Å². The molecule has 22 heavy (non-hydrogen) atoms. The summed E-state index contributed by atoms with van der Waals surface area (Å²) in [7, 11) is 0. The average Bonchev–Trinajstić information content (AvgIpc) is 3.08. The van der Waals surface area contributed by atoms with Crippen molar-refractivity contribution in [3.8, 4) is 0 Å². The number of hydrogen-bond donors (Lipinski definition) is 1. The molecule has 1 amide bonds. The molecule has 1 fully saturated rings. The van der Waals surface area contributed by atoms with Crippen molar-refractivity contribution in [2.45, 2.75) is 19.9 Å². The maximum absolute atomic E-state index is 12.8. The summed E-state index contributed by atoms with van der Waals surface area (Å²) in [5.74, 6) is 1.05. The number of imidazole rings is 1. The van der Waals surface area contributed by atoms with Gasteiger partial charge in [0.15, 0.2) is 0 Å². The predicted molar refractivity (Wildman–Crippen MR) is 85.7 cm³/mol. The first kappa shape index (κ1) is 14.8. The van der Waals surface area contributed by atoms with Gasteiger partial charge in [0.2, 0.25) is 0 Å². The molecule has 1 aliphatic rings. The highest BCUT2D eigenvalue weighted by atomic mass is 16.2. The van der Waals surface area contributed by atoms with E-state index in [9.17, 15) is 4.79 Å². The number of rotatable bonds is 3. The van der Waals surface area contributed by atoms with Crippen LogP contribution in [0.3, 0.4) is 0 Å². The molecule has 116 valence electrons. The molecule has 0 saturated carbocycles. The van der Waals surface area contributed by atoms with E-state index in [4.69, 9.17) is 0 Å². The molecule has 5 heteroatoms. The zero-order valence-corrected chi connectivity index (χ0v) is 13.1. The van der Waals surface area contributed by atoms with E-state index in [2.05, 4.69) is 21.8 Å². The third kappa shape index (κ3) is 2.76. The Morgan fingerprint density at radius 3 is 2.86 bits per heavy atom. The topological polar surface area (TPSA) is 52.2 Å². The smallest absolute Gasteiger partial charge is 0.254 e. The molecular weight excluding hydrogens is 276 g/mol. The summed E-state index contributed by atoms with van der Waals surface area (Å²) in [6.45, 7) is 7.40. The van der Waals surface area contributed by atoms with Gasteiger partial charge in [-0.2, -0.15) is 0 Å². The van der Waals surface area contributed by atoms with Crippen molar-refractivity contribution in [1.29, 1.82) is 0 Å². The minimum atomic E-state index is 0.116. The summed E-state index contributed by atoms with van der Waals surface area (Å²) in [5, 5.41) is 0. The summed E-state index contributed by atoms with van der Waals surface area (Å²) < 4.78 is 0. The van der Waals surface area contributed by atoms with E-state index >= 15 is 0 Å². The molecule has 0 unspecified atom stereocenters. The fourth-order valence-corrected chi connectivity index (χ4v) is 3.09. The van der Waals surface area contributed by atoms with E-state index in [-0.39, 0.29) is 11.9 Å². The number of hydrogen-bond acceptors (Lipinski definition) is 3. The Bertz CT molecular complexity index is 638. The molecule has 1 N–H and O–H groups in total. The molecule has 5 nitrogen and oxygen atoms in total. The fraction of sp³-hybridized carbons (Fsp3) is 0.412. The number of benzene rings is 1. The number of H-pyrrole nitrogens is 1. The third-order valence-electron chi connectivity index (χ3n) is 4.40. The normalized spacial score (nSPS) is 19.4. The van der Waals surface area contributed by atoms with Gasteiger partial charge in [0.1, 0.15) is 5.82 Å². The van der Waals surface area contributed by atoms with Crippen LogP contribution < -0.4 is 0 Å². The second-order valence-corrected chi connectivity index (χ2v) is 5.68. The number of likely N-dealkylation sites (N-methyl/N-ethyl adjacent to an activating group) is 1. The molecule has 1 aromatic carbocycles. The van der Waals surface area contributed by atoms with E-state index in [0.29, 0.717) is 6.54 Å². The van der Waals surface area contributed by atoms with Crippen LogP contribution in [0.4, 0.5) is 0 Å². The minimum absolute atomic E-state index is 0.116. The molecule has 1 aromatic heterocycles. The maximum Gasteiger partial charge on any atom is 0.254 e.